The molecule has 168 valence electrons. The number of aromatic nitrogens is 4. The summed E-state index contributed by atoms with van der Waals surface area (Å²) in [5, 5.41) is 7.42. The number of carbonyl (C=O) groups excluding carboxylic acids is 1. The van der Waals surface area contributed by atoms with Crippen LogP contribution in [0.5, 0.6) is 0 Å². The van der Waals surface area contributed by atoms with Crippen molar-refractivity contribution in [2.24, 2.45) is 0 Å². The van der Waals surface area contributed by atoms with E-state index in [1.54, 1.807) is 46.7 Å². The summed E-state index contributed by atoms with van der Waals surface area (Å²) in [6.45, 7) is 2.59. The van der Waals surface area contributed by atoms with Crippen LogP contribution in [0.15, 0.2) is 60.1 Å². The second-order valence-electron chi connectivity index (χ2n) is 7.61. The third-order valence-corrected chi connectivity index (χ3v) is 6.32. The fraction of sp³-hybridized carbons (Fsp3) is 0.217. The monoisotopic (exact) mass is 466 g/mol. The van der Waals surface area contributed by atoms with Gasteiger partial charge in [-0.1, -0.05) is 0 Å². The van der Waals surface area contributed by atoms with Gasteiger partial charge in [-0.15, -0.1) is 16.4 Å². The van der Waals surface area contributed by atoms with Gasteiger partial charge in [0.15, 0.2) is 16.8 Å². The van der Waals surface area contributed by atoms with Crippen LogP contribution in [0.3, 0.4) is 0 Å². The lowest BCUT2D eigenvalue weighted by molar-refractivity contribution is -0.132. The highest BCUT2D eigenvalue weighted by atomic mass is 32.1. The van der Waals surface area contributed by atoms with Crippen LogP contribution in [0.2, 0.25) is 0 Å². The molecule has 0 aliphatic carbocycles. The first-order valence-corrected chi connectivity index (χ1v) is 11.3. The molecule has 0 atom stereocenters. The molecule has 3 heterocycles. The van der Waals surface area contributed by atoms with E-state index < -0.39 is 0 Å². The van der Waals surface area contributed by atoms with Crippen molar-refractivity contribution in [3.63, 3.8) is 0 Å². The van der Waals surface area contributed by atoms with Gasteiger partial charge in [-0.05, 0) is 48.5 Å². The van der Waals surface area contributed by atoms with Crippen LogP contribution in [0, 0.1) is 11.6 Å². The highest BCUT2D eigenvalue weighted by molar-refractivity contribution is 7.13. The molecule has 0 bridgehead atoms. The first-order valence-electron chi connectivity index (χ1n) is 10.5. The minimum Gasteiger partial charge on any atom is -0.345 e. The lowest BCUT2D eigenvalue weighted by Gasteiger charge is -2.34. The molecule has 0 unspecified atom stereocenters. The molecule has 33 heavy (non-hydrogen) atoms. The largest absolute Gasteiger partial charge is 0.345 e. The Bertz CT molecular complexity index is 1230. The number of piperazine rings is 1. The van der Waals surface area contributed by atoms with Crippen LogP contribution in [-0.2, 0) is 11.3 Å². The fourth-order valence-corrected chi connectivity index (χ4v) is 4.43. The van der Waals surface area contributed by atoms with Gasteiger partial charge in [0, 0.05) is 48.9 Å². The maximum atomic E-state index is 13.5. The van der Waals surface area contributed by atoms with E-state index in [1.807, 2.05) is 5.38 Å². The number of halogens is 2. The number of carbonyl (C=O) groups is 1. The van der Waals surface area contributed by atoms with E-state index >= 15 is 0 Å². The number of hydrogen-bond acceptors (Lipinski definition) is 6. The highest BCUT2D eigenvalue weighted by Gasteiger charge is 2.24. The van der Waals surface area contributed by atoms with Crippen molar-refractivity contribution < 1.29 is 13.6 Å². The van der Waals surface area contributed by atoms with Crippen LogP contribution >= 0.6 is 11.3 Å². The topological polar surface area (TPSA) is 67.2 Å². The summed E-state index contributed by atoms with van der Waals surface area (Å²) in [7, 11) is 0. The standard InChI is InChI=1S/C23H20F2N6OS/c24-18-5-1-16(2-6-18)21-27-22(17-3-7-19(25)8-4-17)31(28-21)15-20(32)29-10-12-30(13-11-29)23-26-9-14-33-23/h1-9,14H,10-13,15H2. The number of anilines is 1. The minimum atomic E-state index is -0.363. The Balaban J connectivity index is 1.37. The molecule has 1 saturated heterocycles. The zero-order valence-corrected chi connectivity index (χ0v) is 18.4. The first-order chi connectivity index (χ1) is 16.1. The molecule has 4 aromatic rings. The van der Waals surface area contributed by atoms with Crippen molar-refractivity contribution in [3.05, 3.63) is 71.7 Å². The fourth-order valence-electron chi connectivity index (χ4n) is 3.73. The third kappa shape index (κ3) is 4.61. The van der Waals surface area contributed by atoms with E-state index in [0.717, 1.165) is 5.13 Å². The van der Waals surface area contributed by atoms with Gasteiger partial charge in [-0.3, -0.25) is 4.79 Å². The molecule has 1 aliphatic rings. The van der Waals surface area contributed by atoms with E-state index in [2.05, 4.69) is 20.0 Å². The molecule has 10 heteroatoms. The van der Waals surface area contributed by atoms with Crippen molar-refractivity contribution in [1.29, 1.82) is 0 Å². The number of benzene rings is 2. The molecule has 7 nitrogen and oxygen atoms in total. The molecule has 0 radical (unpaired) electrons. The quantitative estimate of drug-likeness (QED) is 0.449. The van der Waals surface area contributed by atoms with Crippen LogP contribution < -0.4 is 4.90 Å². The summed E-state index contributed by atoms with van der Waals surface area (Å²) in [4.78, 5) is 26.0. The molecule has 1 amide bonds. The summed E-state index contributed by atoms with van der Waals surface area (Å²) in [5.74, 6) is 0.0225. The molecule has 1 fully saturated rings. The molecule has 0 N–H and O–H groups in total. The van der Waals surface area contributed by atoms with E-state index in [4.69, 9.17) is 0 Å². The van der Waals surface area contributed by atoms with Crippen molar-refractivity contribution in [1.82, 2.24) is 24.6 Å². The van der Waals surface area contributed by atoms with Gasteiger partial charge in [0.25, 0.3) is 0 Å². The average molecular weight is 467 g/mol. The van der Waals surface area contributed by atoms with Crippen molar-refractivity contribution in [2.75, 3.05) is 31.1 Å². The summed E-state index contributed by atoms with van der Waals surface area (Å²) in [5.41, 5.74) is 1.27. The highest BCUT2D eigenvalue weighted by Crippen LogP contribution is 2.24. The maximum Gasteiger partial charge on any atom is 0.244 e. The minimum absolute atomic E-state index is 0.00183. The molecule has 1 aliphatic heterocycles. The number of hydrogen-bond donors (Lipinski definition) is 0. The number of thiazole rings is 1. The zero-order valence-electron chi connectivity index (χ0n) is 17.6. The Hall–Kier alpha value is -3.66. The number of rotatable bonds is 5. The Kier molecular flexibility index (Phi) is 5.82. The Labute approximate surface area is 192 Å². The summed E-state index contributed by atoms with van der Waals surface area (Å²) in [6, 6.07) is 11.7. The predicted octanol–water partition coefficient (Wildman–Crippen LogP) is 3.70. The van der Waals surface area contributed by atoms with E-state index in [0.29, 0.717) is 49.0 Å². The van der Waals surface area contributed by atoms with E-state index in [9.17, 15) is 13.6 Å². The third-order valence-electron chi connectivity index (χ3n) is 5.48. The maximum absolute atomic E-state index is 13.5. The second-order valence-corrected chi connectivity index (χ2v) is 8.49. The molecule has 5 rings (SSSR count). The Morgan fingerprint density at radius 1 is 0.909 bits per heavy atom. The van der Waals surface area contributed by atoms with Crippen LogP contribution in [-0.4, -0.2) is 56.7 Å². The molecule has 0 saturated carbocycles. The Morgan fingerprint density at radius 3 is 2.15 bits per heavy atom. The van der Waals surface area contributed by atoms with Gasteiger partial charge in [-0.2, -0.15) is 0 Å². The lowest BCUT2D eigenvalue weighted by Crippen LogP contribution is -2.49. The number of amides is 1. The summed E-state index contributed by atoms with van der Waals surface area (Å²) < 4.78 is 28.3. The summed E-state index contributed by atoms with van der Waals surface area (Å²) in [6.07, 6.45) is 1.78. The molecular formula is C23H20F2N6OS. The first kappa shape index (κ1) is 21.2. The predicted molar refractivity (Wildman–Crippen MR) is 122 cm³/mol. The molecule has 2 aromatic heterocycles. The lowest BCUT2D eigenvalue weighted by atomic mass is 10.2. The van der Waals surface area contributed by atoms with Gasteiger partial charge in [0.1, 0.15) is 18.2 Å². The van der Waals surface area contributed by atoms with E-state index in [1.165, 1.54) is 28.9 Å². The van der Waals surface area contributed by atoms with Gasteiger partial charge in [0.05, 0.1) is 0 Å². The van der Waals surface area contributed by atoms with Gasteiger partial charge < -0.3 is 9.80 Å². The van der Waals surface area contributed by atoms with Crippen molar-refractivity contribution in [3.8, 4) is 22.8 Å². The molecule has 2 aromatic carbocycles. The van der Waals surface area contributed by atoms with Crippen LogP contribution in [0.25, 0.3) is 22.8 Å². The Morgan fingerprint density at radius 2 is 1.55 bits per heavy atom. The van der Waals surface area contributed by atoms with E-state index in [-0.39, 0.29) is 24.1 Å². The van der Waals surface area contributed by atoms with Crippen LogP contribution in [0.4, 0.5) is 13.9 Å². The normalized spacial score (nSPS) is 14.0. The molecule has 0 spiro atoms. The van der Waals surface area contributed by atoms with Gasteiger partial charge >= 0.3 is 0 Å². The average Bonchev–Trinajstić information content (AvgIpc) is 3.51. The zero-order chi connectivity index (χ0) is 22.8. The summed E-state index contributed by atoms with van der Waals surface area (Å²) >= 11 is 1.58. The second kappa shape index (κ2) is 9.07. The molecular weight excluding hydrogens is 446 g/mol. The van der Waals surface area contributed by atoms with Crippen molar-refractivity contribution in [2.45, 2.75) is 6.54 Å². The van der Waals surface area contributed by atoms with Gasteiger partial charge in [0.2, 0.25) is 5.91 Å². The van der Waals surface area contributed by atoms with Crippen LogP contribution in [0.1, 0.15) is 0 Å². The number of nitrogens with zero attached hydrogens (tertiary/aromatic N) is 6. The SMILES string of the molecule is O=C(Cn1nc(-c2ccc(F)cc2)nc1-c1ccc(F)cc1)N1CCN(c2nccs2)CC1. The van der Waals surface area contributed by atoms with Crippen molar-refractivity contribution >= 4 is 22.4 Å². The van der Waals surface area contributed by atoms with Gasteiger partial charge in [-0.25, -0.2) is 23.4 Å². The smallest absolute Gasteiger partial charge is 0.244 e.